The van der Waals surface area contributed by atoms with E-state index < -0.39 is 22.0 Å². The highest BCUT2D eigenvalue weighted by Crippen LogP contribution is 2.26. The Balaban J connectivity index is 1.59. The fourth-order valence-corrected chi connectivity index (χ4v) is 4.25. The second-order valence-corrected chi connectivity index (χ2v) is 10.7. The number of carbonyl (C=O) groups excluding carboxylic acids is 2. The van der Waals surface area contributed by atoms with E-state index in [2.05, 4.69) is 9.93 Å². The molecule has 0 radical (unpaired) electrons. The highest BCUT2D eigenvalue weighted by molar-refractivity contribution is 7.89. The van der Waals surface area contributed by atoms with Crippen molar-refractivity contribution in [3.63, 3.8) is 0 Å². The van der Waals surface area contributed by atoms with Crippen molar-refractivity contribution < 1.29 is 27.5 Å². The maximum absolute atomic E-state index is 12.8. The second kappa shape index (κ2) is 12.1. The number of hydrogen-bond acceptors (Lipinski definition) is 7. The van der Waals surface area contributed by atoms with Crippen molar-refractivity contribution in [1.82, 2.24) is 4.83 Å². The molecule has 0 bridgehead atoms. The number of ether oxygens (including phenoxy) is 2. The Kier molecular flexibility index (Phi) is 8.65. The lowest BCUT2D eigenvalue weighted by Gasteiger charge is -2.11. The highest BCUT2D eigenvalue weighted by Gasteiger charge is 2.16. The summed E-state index contributed by atoms with van der Waals surface area (Å²) in [6, 6.07) is 22.6. The normalized spacial score (nSPS) is 11.3. The van der Waals surface area contributed by atoms with Gasteiger partial charge in [-0.3, -0.25) is 0 Å². The summed E-state index contributed by atoms with van der Waals surface area (Å²) in [5.74, 6) is -1.34. The Morgan fingerprint density at radius 2 is 1.31 bits per heavy atom. The third-order valence-corrected chi connectivity index (χ3v) is 7.01. The maximum Gasteiger partial charge on any atom is 0.343 e. The molecule has 0 heterocycles. The quantitative estimate of drug-likeness (QED) is 0.117. The van der Waals surface area contributed by atoms with Crippen LogP contribution in [0.1, 0.15) is 31.8 Å². The van der Waals surface area contributed by atoms with Crippen molar-refractivity contribution in [2.75, 3.05) is 0 Å². The van der Waals surface area contributed by atoms with Gasteiger partial charge in [-0.15, -0.1) is 0 Å². The molecular formula is C28H20Cl2N2O6S. The van der Waals surface area contributed by atoms with E-state index in [1.54, 1.807) is 24.3 Å². The molecule has 4 rings (SSSR count). The van der Waals surface area contributed by atoms with Gasteiger partial charge in [0.25, 0.3) is 10.0 Å². The third kappa shape index (κ3) is 7.44. The molecule has 0 atom stereocenters. The van der Waals surface area contributed by atoms with Gasteiger partial charge in [0.15, 0.2) is 0 Å². The minimum atomic E-state index is -3.93. The second-order valence-electron chi connectivity index (χ2n) is 8.16. The van der Waals surface area contributed by atoms with Crippen LogP contribution in [0.5, 0.6) is 11.5 Å². The number of halogens is 2. The summed E-state index contributed by atoms with van der Waals surface area (Å²) in [7, 11) is -3.93. The van der Waals surface area contributed by atoms with Crippen LogP contribution in [0.4, 0.5) is 0 Å². The number of sulfonamides is 1. The van der Waals surface area contributed by atoms with E-state index in [0.717, 1.165) is 5.56 Å². The lowest BCUT2D eigenvalue weighted by atomic mass is 10.2. The molecule has 39 heavy (non-hydrogen) atoms. The van der Waals surface area contributed by atoms with Gasteiger partial charge in [0.2, 0.25) is 0 Å². The average molecular weight is 583 g/mol. The summed E-state index contributed by atoms with van der Waals surface area (Å²) in [4.78, 5) is 27.5. The van der Waals surface area contributed by atoms with Crippen LogP contribution in [-0.2, 0) is 10.0 Å². The predicted octanol–water partition coefficient (Wildman–Crippen LogP) is 6.05. The first-order chi connectivity index (χ1) is 18.6. The third-order valence-electron chi connectivity index (χ3n) is 5.27. The summed E-state index contributed by atoms with van der Waals surface area (Å²) < 4.78 is 36.1. The summed E-state index contributed by atoms with van der Waals surface area (Å²) in [5.41, 5.74) is 1.61. The highest BCUT2D eigenvalue weighted by atomic mass is 35.5. The molecule has 0 spiro atoms. The smallest absolute Gasteiger partial charge is 0.343 e. The Morgan fingerprint density at radius 1 is 0.769 bits per heavy atom. The number of hydrazone groups is 1. The van der Waals surface area contributed by atoms with Crippen LogP contribution in [0, 0.1) is 6.92 Å². The van der Waals surface area contributed by atoms with Gasteiger partial charge in [-0.05, 0) is 79.7 Å². The molecule has 0 aliphatic heterocycles. The van der Waals surface area contributed by atoms with Crippen molar-refractivity contribution in [3.05, 3.63) is 123 Å². The number of hydrogen-bond donors (Lipinski definition) is 1. The Labute approximate surface area is 234 Å². The predicted molar refractivity (Wildman–Crippen MR) is 148 cm³/mol. The average Bonchev–Trinajstić information content (AvgIpc) is 2.91. The number of rotatable bonds is 8. The number of esters is 2. The summed E-state index contributed by atoms with van der Waals surface area (Å²) >= 11 is 11.8. The van der Waals surface area contributed by atoms with Crippen LogP contribution < -0.4 is 14.3 Å². The van der Waals surface area contributed by atoms with Gasteiger partial charge in [0.1, 0.15) is 11.5 Å². The van der Waals surface area contributed by atoms with E-state index in [9.17, 15) is 18.0 Å². The molecule has 11 heteroatoms. The molecule has 0 aliphatic carbocycles. The van der Waals surface area contributed by atoms with Gasteiger partial charge in [0, 0.05) is 21.7 Å². The number of nitrogens with zero attached hydrogens (tertiary/aromatic N) is 1. The standard InChI is InChI=1S/C28H20Cl2N2O6S/c1-18-2-14-25(15-3-18)39(35,36)32-31-17-21-8-13-24(37-27(33)19-4-9-22(29)10-5-19)16-26(21)38-28(34)20-6-11-23(30)12-7-20/h2-17,32H,1H3/b31-17+. The van der Waals surface area contributed by atoms with Crippen molar-refractivity contribution >= 4 is 51.4 Å². The van der Waals surface area contributed by atoms with E-state index in [1.165, 1.54) is 72.9 Å². The fraction of sp³-hybridized carbons (Fsp3) is 0.0357. The molecule has 8 nitrogen and oxygen atoms in total. The Hall–Kier alpha value is -4.18. The van der Waals surface area contributed by atoms with Crippen LogP contribution in [0.3, 0.4) is 0 Å². The molecule has 0 amide bonds. The molecular weight excluding hydrogens is 563 g/mol. The van der Waals surface area contributed by atoms with E-state index >= 15 is 0 Å². The van der Waals surface area contributed by atoms with Crippen LogP contribution in [0.15, 0.2) is 101 Å². The van der Waals surface area contributed by atoms with Gasteiger partial charge in [-0.1, -0.05) is 40.9 Å². The summed E-state index contributed by atoms with van der Waals surface area (Å²) in [6.45, 7) is 1.84. The van der Waals surface area contributed by atoms with Crippen LogP contribution in [-0.4, -0.2) is 26.6 Å². The first kappa shape index (κ1) is 27.8. The minimum Gasteiger partial charge on any atom is -0.423 e. The zero-order chi connectivity index (χ0) is 28.0. The minimum absolute atomic E-state index is 0.0316. The van der Waals surface area contributed by atoms with Gasteiger partial charge >= 0.3 is 11.9 Å². The molecule has 0 saturated carbocycles. The molecule has 0 fully saturated rings. The van der Waals surface area contributed by atoms with Crippen molar-refractivity contribution in [1.29, 1.82) is 0 Å². The van der Waals surface area contributed by atoms with Gasteiger partial charge in [-0.25, -0.2) is 14.4 Å². The van der Waals surface area contributed by atoms with Crippen molar-refractivity contribution in [3.8, 4) is 11.5 Å². The molecule has 4 aromatic rings. The zero-order valence-electron chi connectivity index (χ0n) is 20.3. The van der Waals surface area contributed by atoms with Gasteiger partial charge in [-0.2, -0.15) is 13.5 Å². The van der Waals surface area contributed by atoms with E-state index in [-0.39, 0.29) is 33.1 Å². The molecule has 0 aliphatic rings. The van der Waals surface area contributed by atoms with E-state index in [4.69, 9.17) is 32.7 Å². The number of aryl methyl sites for hydroxylation is 1. The maximum atomic E-state index is 12.8. The number of nitrogens with one attached hydrogen (secondary N) is 1. The van der Waals surface area contributed by atoms with Crippen LogP contribution in [0.25, 0.3) is 0 Å². The molecule has 0 unspecified atom stereocenters. The largest absolute Gasteiger partial charge is 0.423 e. The molecule has 0 saturated heterocycles. The summed E-state index contributed by atoms with van der Waals surface area (Å²) in [6.07, 6.45) is 1.17. The van der Waals surface area contributed by atoms with Gasteiger partial charge in [0.05, 0.1) is 22.2 Å². The first-order valence-electron chi connectivity index (χ1n) is 11.3. The number of carbonyl (C=O) groups is 2. The fourth-order valence-electron chi connectivity index (χ4n) is 3.21. The lowest BCUT2D eigenvalue weighted by molar-refractivity contribution is 0.0732. The SMILES string of the molecule is Cc1ccc(S(=O)(=O)N/N=C/c2ccc(OC(=O)c3ccc(Cl)cc3)cc2OC(=O)c2ccc(Cl)cc2)cc1. The summed E-state index contributed by atoms with van der Waals surface area (Å²) in [5, 5.41) is 4.72. The van der Waals surface area contributed by atoms with Crippen molar-refractivity contribution in [2.45, 2.75) is 11.8 Å². The Bertz CT molecular complexity index is 1640. The zero-order valence-corrected chi connectivity index (χ0v) is 22.6. The number of benzene rings is 4. The first-order valence-corrected chi connectivity index (χ1v) is 13.6. The topological polar surface area (TPSA) is 111 Å². The molecule has 0 aromatic heterocycles. The van der Waals surface area contributed by atoms with Crippen molar-refractivity contribution in [2.24, 2.45) is 5.10 Å². The monoisotopic (exact) mass is 582 g/mol. The van der Waals surface area contributed by atoms with Crippen LogP contribution >= 0.6 is 23.2 Å². The van der Waals surface area contributed by atoms with E-state index in [0.29, 0.717) is 10.0 Å². The lowest BCUT2D eigenvalue weighted by Crippen LogP contribution is -2.18. The van der Waals surface area contributed by atoms with Crippen LogP contribution in [0.2, 0.25) is 10.0 Å². The van der Waals surface area contributed by atoms with E-state index in [1.807, 2.05) is 6.92 Å². The molecule has 4 aromatic carbocycles. The molecule has 198 valence electrons. The van der Waals surface area contributed by atoms with Gasteiger partial charge < -0.3 is 9.47 Å². The Morgan fingerprint density at radius 3 is 1.87 bits per heavy atom. The molecule has 1 N–H and O–H groups in total.